The van der Waals surface area contributed by atoms with Gasteiger partial charge in [0, 0.05) is 11.3 Å². The normalized spacial score (nSPS) is 17.6. The number of amides is 5. The monoisotopic (exact) mass is 418 g/mol. The number of nitrogens with zero attached hydrogens (tertiary/aromatic N) is 1. The summed E-state index contributed by atoms with van der Waals surface area (Å²) in [5.41, 5.74) is 0.544. The lowest BCUT2D eigenvalue weighted by molar-refractivity contribution is -0.135. The van der Waals surface area contributed by atoms with E-state index in [1.807, 2.05) is 6.07 Å². The molecule has 3 N–H and O–H groups in total. The van der Waals surface area contributed by atoms with Crippen molar-refractivity contribution < 1.29 is 19.2 Å². The summed E-state index contributed by atoms with van der Waals surface area (Å²) in [4.78, 5) is 50.7. The van der Waals surface area contributed by atoms with Gasteiger partial charge in [0.2, 0.25) is 11.8 Å². The van der Waals surface area contributed by atoms with Crippen LogP contribution in [0.15, 0.2) is 54.6 Å². The zero-order valence-electron chi connectivity index (χ0n) is 17.0. The second-order valence-electron chi connectivity index (χ2n) is 7.00. The Balaban J connectivity index is 1.59. The number of urea groups is 1. The van der Waals surface area contributed by atoms with E-state index in [-0.39, 0.29) is 6.54 Å². The second kappa shape index (κ2) is 9.13. The molecule has 158 valence electrons. The fourth-order valence-corrected chi connectivity index (χ4v) is 3.40. The van der Waals surface area contributed by atoms with E-state index < -0.39 is 35.8 Å². The molecular weight excluding hydrogens is 396 g/mol. The van der Waals surface area contributed by atoms with Gasteiger partial charge in [-0.3, -0.25) is 19.3 Å². The highest BCUT2D eigenvalue weighted by atomic mass is 16.2. The van der Waals surface area contributed by atoms with Crippen LogP contribution in [0.3, 0.4) is 0 Å². The van der Waals surface area contributed by atoms with Crippen molar-refractivity contribution >= 4 is 29.4 Å². The predicted octanol–water partition coefficient (Wildman–Crippen LogP) is 1.58. The summed E-state index contributed by atoms with van der Waals surface area (Å²) < 4.78 is 0. The maximum Gasteiger partial charge on any atom is 0.325 e. The summed E-state index contributed by atoms with van der Waals surface area (Å²) in [5.74, 6) is 0.869. The van der Waals surface area contributed by atoms with Gasteiger partial charge in [-0.15, -0.1) is 6.42 Å². The first-order chi connectivity index (χ1) is 14.9. The van der Waals surface area contributed by atoms with Crippen molar-refractivity contribution in [2.24, 2.45) is 0 Å². The minimum Gasteiger partial charge on any atom is -0.345 e. The van der Waals surface area contributed by atoms with Gasteiger partial charge in [-0.25, -0.2) is 4.79 Å². The van der Waals surface area contributed by atoms with Gasteiger partial charge in [0.15, 0.2) is 0 Å². The molecule has 1 atom stereocenters. The van der Waals surface area contributed by atoms with E-state index in [2.05, 4.69) is 21.9 Å². The molecule has 0 spiro atoms. The van der Waals surface area contributed by atoms with E-state index >= 15 is 0 Å². The molecule has 0 radical (unpaired) electrons. The van der Waals surface area contributed by atoms with Crippen LogP contribution in [0.25, 0.3) is 0 Å². The molecule has 0 bridgehead atoms. The minimum absolute atomic E-state index is 0.319. The largest absolute Gasteiger partial charge is 0.345 e. The van der Waals surface area contributed by atoms with Crippen molar-refractivity contribution in [2.45, 2.75) is 18.9 Å². The van der Waals surface area contributed by atoms with Crippen molar-refractivity contribution in [3.05, 3.63) is 65.7 Å². The summed E-state index contributed by atoms with van der Waals surface area (Å²) in [6.45, 7) is 0.980. The molecule has 1 saturated heterocycles. The number of hydrogen-bond acceptors (Lipinski definition) is 4. The molecule has 0 aliphatic carbocycles. The SMILES string of the molecule is C#Cc1cccc(NC(=O)CNC(=O)CN2C(=O)NC(CC)(c3ccccc3)C2=O)c1. The number of terminal acetylenes is 1. The van der Waals surface area contributed by atoms with Crippen LogP contribution in [-0.4, -0.2) is 41.7 Å². The topological polar surface area (TPSA) is 108 Å². The molecule has 1 heterocycles. The molecule has 1 aliphatic heterocycles. The number of benzene rings is 2. The Kier molecular flexibility index (Phi) is 6.36. The van der Waals surface area contributed by atoms with Crippen molar-refractivity contribution in [2.75, 3.05) is 18.4 Å². The highest BCUT2D eigenvalue weighted by molar-refractivity contribution is 6.09. The number of carbonyl (C=O) groups is 4. The summed E-state index contributed by atoms with van der Waals surface area (Å²) in [6.07, 6.45) is 5.66. The smallest absolute Gasteiger partial charge is 0.325 e. The number of imide groups is 1. The maximum absolute atomic E-state index is 13.0. The van der Waals surface area contributed by atoms with Crippen LogP contribution in [0.5, 0.6) is 0 Å². The molecule has 5 amide bonds. The van der Waals surface area contributed by atoms with Crippen LogP contribution >= 0.6 is 0 Å². The van der Waals surface area contributed by atoms with Crippen LogP contribution in [0.1, 0.15) is 24.5 Å². The molecule has 0 saturated carbocycles. The van der Waals surface area contributed by atoms with E-state index in [0.717, 1.165) is 4.90 Å². The molecule has 1 unspecified atom stereocenters. The van der Waals surface area contributed by atoms with Gasteiger partial charge >= 0.3 is 6.03 Å². The van der Waals surface area contributed by atoms with Gasteiger partial charge in [-0.2, -0.15) is 0 Å². The lowest BCUT2D eigenvalue weighted by atomic mass is 9.87. The van der Waals surface area contributed by atoms with Crippen LogP contribution in [0, 0.1) is 12.3 Å². The maximum atomic E-state index is 13.0. The molecule has 3 rings (SSSR count). The van der Waals surface area contributed by atoms with E-state index in [0.29, 0.717) is 23.2 Å². The van der Waals surface area contributed by atoms with Crippen LogP contribution in [-0.2, 0) is 19.9 Å². The number of rotatable bonds is 7. The van der Waals surface area contributed by atoms with Gasteiger partial charge in [-0.05, 0) is 30.2 Å². The molecule has 2 aromatic carbocycles. The number of hydrogen-bond donors (Lipinski definition) is 3. The Morgan fingerprint density at radius 2 is 1.84 bits per heavy atom. The first kappa shape index (κ1) is 21.6. The van der Waals surface area contributed by atoms with Crippen molar-refractivity contribution in [3.8, 4) is 12.3 Å². The van der Waals surface area contributed by atoms with E-state index in [1.54, 1.807) is 55.5 Å². The first-order valence-electron chi connectivity index (χ1n) is 9.72. The molecular formula is C23H22N4O4. The van der Waals surface area contributed by atoms with Crippen LogP contribution < -0.4 is 16.0 Å². The third kappa shape index (κ3) is 4.56. The van der Waals surface area contributed by atoms with Crippen molar-refractivity contribution in [1.82, 2.24) is 15.5 Å². The summed E-state index contributed by atoms with van der Waals surface area (Å²) in [5, 5.41) is 7.75. The highest BCUT2D eigenvalue weighted by Gasteiger charge is 2.51. The number of anilines is 1. The molecule has 1 fully saturated rings. The Morgan fingerprint density at radius 3 is 2.52 bits per heavy atom. The quantitative estimate of drug-likeness (QED) is 0.469. The third-order valence-corrected chi connectivity index (χ3v) is 5.03. The summed E-state index contributed by atoms with van der Waals surface area (Å²) in [6, 6.07) is 14.9. The molecule has 31 heavy (non-hydrogen) atoms. The number of carbonyl (C=O) groups excluding carboxylic acids is 4. The minimum atomic E-state index is -1.21. The predicted molar refractivity (Wildman–Crippen MR) is 115 cm³/mol. The Bertz CT molecular complexity index is 1060. The Morgan fingerprint density at radius 1 is 1.10 bits per heavy atom. The fraction of sp³-hybridized carbons (Fsp3) is 0.217. The standard InChI is InChI=1S/C23H22N4O4/c1-3-16-9-8-12-18(13-16)25-19(28)14-24-20(29)15-27-21(30)23(4-2,26-22(27)31)17-10-6-5-7-11-17/h1,5-13H,4,14-15H2,2H3,(H,24,29)(H,25,28)(H,26,31). The Hall–Kier alpha value is -4.12. The molecule has 0 aromatic heterocycles. The highest BCUT2D eigenvalue weighted by Crippen LogP contribution is 2.32. The molecule has 8 nitrogen and oxygen atoms in total. The second-order valence-corrected chi connectivity index (χ2v) is 7.00. The lowest BCUT2D eigenvalue weighted by Crippen LogP contribution is -2.45. The van der Waals surface area contributed by atoms with Crippen molar-refractivity contribution in [3.63, 3.8) is 0 Å². The van der Waals surface area contributed by atoms with E-state index in [9.17, 15) is 19.2 Å². The van der Waals surface area contributed by atoms with Gasteiger partial charge in [-0.1, -0.05) is 49.2 Å². The van der Waals surface area contributed by atoms with Crippen molar-refractivity contribution in [1.29, 1.82) is 0 Å². The summed E-state index contributed by atoms with van der Waals surface area (Å²) in [7, 11) is 0. The zero-order chi connectivity index (χ0) is 22.4. The average molecular weight is 418 g/mol. The molecule has 2 aromatic rings. The summed E-state index contributed by atoms with van der Waals surface area (Å²) >= 11 is 0. The van der Waals surface area contributed by atoms with E-state index in [4.69, 9.17) is 6.42 Å². The lowest BCUT2D eigenvalue weighted by Gasteiger charge is -2.25. The fourth-order valence-electron chi connectivity index (χ4n) is 3.40. The van der Waals surface area contributed by atoms with Crippen LogP contribution in [0.4, 0.5) is 10.5 Å². The van der Waals surface area contributed by atoms with E-state index in [1.165, 1.54) is 0 Å². The average Bonchev–Trinajstić information content (AvgIpc) is 3.03. The zero-order valence-corrected chi connectivity index (χ0v) is 17.0. The van der Waals surface area contributed by atoms with Gasteiger partial charge in [0.25, 0.3) is 5.91 Å². The first-order valence-corrected chi connectivity index (χ1v) is 9.72. The van der Waals surface area contributed by atoms with Gasteiger partial charge in [0.1, 0.15) is 12.1 Å². The van der Waals surface area contributed by atoms with Crippen LogP contribution in [0.2, 0.25) is 0 Å². The van der Waals surface area contributed by atoms with Gasteiger partial charge < -0.3 is 16.0 Å². The third-order valence-electron chi connectivity index (χ3n) is 5.03. The van der Waals surface area contributed by atoms with Gasteiger partial charge in [0.05, 0.1) is 6.54 Å². The molecule has 1 aliphatic rings. The Labute approximate surface area is 180 Å². The number of nitrogens with one attached hydrogen (secondary N) is 3. The molecule has 8 heteroatoms.